The van der Waals surface area contributed by atoms with Crippen LogP contribution >= 0.6 is 0 Å². The summed E-state index contributed by atoms with van der Waals surface area (Å²) in [6, 6.07) is 9.18. The SMILES string of the molecule is CC[C@H](CN1CCC2(CC1)C[C@H](N(C)C(C)=O)c1ccccc12)C1CCCC1. The number of carbonyl (C=O) groups is 1. The monoisotopic (exact) mass is 382 g/mol. The van der Waals surface area contributed by atoms with Crippen LogP contribution in [0, 0.1) is 11.8 Å². The number of likely N-dealkylation sites (tertiary alicyclic amines) is 1. The van der Waals surface area contributed by atoms with E-state index >= 15 is 0 Å². The van der Waals surface area contributed by atoms with Crippen molar-refractivity contribution in [2.45, 2.75) is 76.7 Å². The second-order valence-corrected chi connectivity index (χ2v) is 9.73. The highest BCUT2D eigenvalue weighted by Crippen LogP contribution is 2.52. The van der Waals surface area contributed by atoms with Crippen molar-refractivity contribution >= 4 is 5.91 Å². The van der Waals surface area contributed by atoms with E-state index in [1.165, 1.54) is 75.7 Å². The Balaban J connectivity index is 1.45. The first-order chi connectivity index (χ1) is 13.5. The molecule has 1 saturated heterocycles. The minimum atomic E-state index is 0.177. The maximum Gasteiger partial charge on any atom is 0.219 e. The third kappa shape index (κ3) is 3.63. The number of piperidine rings is 1. The van der Waals surface area contributed by atoms with Crippen molar-refractivity contribution in [2.75, 3.05) is 26.7 Å². The Hall–Kier alpha value is -1.35. The van der Waals surface area contributed by atoms with E-state index < -0.39 is 0 Å². The Bertz CT molecular complexity index is 686. The zero-order valence-electron chi connectivity index (χ0n) is 18.1. The van der Waals surface area contributed by atoms with Gasteiger partial charge in [0.05, 0.1) is 6.04 Å². The molecule has 4 rings (SSSR count). The van der Waals surface area contributed by atoms with Crippen LogP contribution < -0.4 is 0 Å². The second-order valence-electron chi connectivity index (χ2n) is 9.73. The summed E-state index contributed by atoms with van der Waals surface area (Å²) in [5.41, 5.74) is 3.19. The van der Waals surface area contributed by atoms with Crippen LogP contribution in [0.4, 0.5) is 0 Å². The highest BCUT2D eigenvalue weighted by molar-refractivity contribution is 5.74. The van der Waals surface area contributed by atoms with Gasteiger partial charge in [0.25, 0.3) is 0 Å². The number of hydrogen-bond donors (Lipinski definition) is 0. The van der Waals surface area contributed by atoms with Crippen LogP contribution in [0.15, 0.2) is 24.3 Å². The van der Waals surface area contributed by atoms with Crippen molar-refractivity contribution in [3.05, 3.63) is 35.4 Å². The van der Waals surface area contributed by atoms with E-state index in [4.69, 9.17) is 0 Å². The van der Waals surface area contributed by atoms with Crippen LogP contribution in [0.5, 0.6) is 0 Å². The molecule has 1 saturated carbocycles. The standard InChI is InChI=1S/C25H38N2O/c1-4-20(21-9-5-6-10-21)18-27-15-13-25(14-16-27)17-24(26(3)19(2)28)22-11-7-8-12-23(22)25/h7-8,11-12,20-21,24H,4-6,9-10,13-18H2,1-3H3/t20-,24+/m1/s1. The number of rotatable bonds is 5. The van der Waals surface area contributed by atoms with E-state index in [0.29, 0.717) is 0 Å². The zero-order valence-corrected chi connectivity index (χ0v) is 18.1. The summed E-state index contributed by atoms with van der Waals surface area (Å²) in [6.45, 7) is 7.83. The lowest BCUT2D eigenvalue weighted by Crippen LogP contribution is -2.44. The maximum atomic E-state index is 12.1. The van der Waals surface area contributed by atoms with Gasteiger partial charge in [-0.3, -0.25) is 4.79 Å². The summed E-state index contributed by atoms with van der Waals surface area (Å²) in [6.07, 6.45) is 10.8. The first kappa shape index (κ1) is 19.9. The molecule has 2 atom stereocenters. The van der Waals surface area contributed by atoms with Crippen molar-refractivity contribution in [1.29, 1.82) is 0 Å². The van der Waals surface area contributed by atoms with Crippen LogP contribution in [0.25, 0.3) is 0 Å². The Morgan fingerprint density at radius 2 is 1.89 bits per heavy atom. The van der Waals surface area contributed by atoms with Gasteiger partial charge >= 0.3 is 0 Å². The Labute approximate surface area is 171 Å². The van der Waals surface area contributed by atoms with Gasteiger partial charge in [-0.2, -0.15) is 0 Å². The molecule has 0 N–H and O–H groups in total. The number of carbonyl (C=O) groups excluding carboxylic acids is 1. The first-order valence-corrected chi connectivity index (χ1v) is 11.6. The molecule has 3 aliphatic rings. The number of benzene rings is 1. The predicted octanol–water partition coefficient (Wildman–Crippen LogP) is 5.16. The molecule has 1 aliphatic heterocycles. The third-order valence-electron chi connectivity index (χ3n) is 8.34. The largest absolute Gasteiger partial charge is 0.339 e. The predicted molar refractivity (Wildman–Crippen MR) is 115 cm³/mol. The molecule has 1 amide bonds. The smallest absolute Gasteiger partial charge is 0.219 e. The Morgan fingerprint density at radius 1 is 1.21 bits per heavy atom. The lowest BCUT2D eigenvalue weighted by Gasteiger charge is -2.42. The van der Waals surface area contributed by atoms with Crippen molar-refractivity contribution < 1.29 is 4.79 Å². The van der Waals surface area contributed by atoms with Crippen LogP contribution in [0.1, 0.15) is 82.4 Å². The zero-order chi connectivity index (χ0) is 19.7. The molecule has 0 aromatic heterocycles. The molecule has 1 spiro atoms. The molecule has 1 aromatic rings. The van der Waals surface area contributed by atoms with E-state index in [1.807, 2.05) is 11.9 Å². The third-order valence-corrected chi connectivity index (χ3v) is 8.34. The molecular formula is C25H38N2O. The van der Waals surface area contributed by atoms with Crippen LogP contribution in [0.2, 0.25) is 0 Å². The Kier molecular flexibility index (Phi) is 5.83. The van der Waals surface area contributed by atoms with Crippen LogP contribution in [-0.2, 0) is 10.2 Å². The van der Waals surface area contributed by atoms with Gasteiger partial charge in [0.15, 0.2) is 0 Å². The lowest BCUT2D eigenvalue weighted by atomic mass is 9.73. The fraction of sp³-hybridized carbons (Fsp3) is 0.720. The van der Waals surface area contributed by atoms with Crippen molar-refractivity contribution in [2.24, 2.45) is 11.8 Å². The second kappa shape index (κ2) is 8.18. The van der Waals surface area contributed by atoms with E-state index in [2.05, 4.69) is 36.1 Å². The van der Waals surface area contributed by atoms with Gasteiger partial charge in [-0.05, 0) is 55.3 Å². The number of fused-ring (bicyclic) bond motifs is 2. The molecule has 0 unspecified atom stereocenters. The quantitative estimate of drug-likeness (QED) is 0.702. The van der Waals surface area contributed by atoms with Gasteiger partial charge in [0.2, 0.25) is 5.91 Å². The summed E-state index contributed by atoms with van der Waals surface area (Å²) in [4.78, 5) is 16.8. The molecular weight excluding hydrogens is 344 g/mol. The van der Waals surface area contributed by atoms with Gasteiger partial charge in [0.1, 0.15) is 0 Å². The maximum absolute atomic E-state index is 12.1. The van der Waals surface area contributed by atoms with Crippen LogP contribution in [0.3, 0.4) is 0 Å². The van der Waals surface area contributed by atoms with Crippen molar-refractivity contribution in [1.82, 2.24) is 9.80 Å². The summed E-state index contributed by atoms with van der Waals surface area (Å²) in [5.74, 6) is 2.04. The van der Waals surface area contributed by atoms with E-state index in [1.54, 1.807) is 6.92 Å². The molecule has 1 heterocycles. The minimum Gasteiger partial charge on any atom is -0.339 e. The van der Waals surface area contributed by atoms with E-state index in [-0.39, 0.29) is 17.4 Å². The van der Waals surface area contributed by atoms with Gasteiger partial charge in [0, 0.05) is 25.9 Å². The fourth-order valence-corrected chi connectivity index (χ4v) is 6.43. The average molecular weight is 383 g/mol. The molecule has 2 fully saturated rings. The molecule has 3 heteroatoms. The first-order valence-electron chi connectivity index (χ1n) is 11.6. The van der Waals surface area contributed by atoms with E-state index in [9.17, 15) is 4.79 Å². The number of hydrogen-bond acceptors (Lipinski definition) is 2. The van der Waals surface area contributed by atoms with Gasteiger partial charge in [-0.25, -0.2) is 0 Å². The molecule has 2 aliphatic carbocycles. The normalized spacial score (nSPS) is 25.8. The topological polar surface area (TPSA) is 23.6 Å². The van der Waals surface area contributed by atoms with Gasteiger partial charge < -0.3 is 9.80 Å². The summed E-state index contributed by atoms with van der Waals surface area (Å²) in [5, 5.41) is 0. The highest BCUT2D eigenvalue weighted by atomic mass is 16.2. The molecule has 28 heavy (non-hydrogen) atoms. The summed E-state index contributed by atoms with van der Waals surface area (Å²) >= 11 is 0. The molecule has 154 valence electrons. The Morgan fingerprint density at radius 3 is 2.54 bits per heavy atom. The van der Waals surface area contributed by atoms with Gasteiger partial charge in [-0.1, -0.05) is 63.3 Å². The summed E-state index contributed by atoms with van der Waals surface area (Å²) in [7, 11) is 1.98. The molecule has 0 radical (unpaired) electrons. The number of nitrogens with zero attached hydrogens (tertiary/aromatic N) is 2. The average Bonchev–Trinajstić information content (AvgIpc) is 3.35. The highest BCUT2D eigenvalue weighted by Gasteiger charge is 2.47. The van der Waals surface area contributed by atoms with Crippen molar-refractivity contribution in [3.63, 3.8) is 0 Å². The molecule has 0 bridgehead atoms. The van der Waals surface area contributed by atoms with E-state index in [0.717, 1.165) is 18.3 Å². The number of amides is 1. The van der Waals surface area contributed by atoms with Gasteiger partial charge in [-0.15, -0.1) is 0 Å². The fourth-order valence-electron chi connectivity index (χ4n) is 6.43. The lowest BCUT2D eigenvalue weighted by molar-refractivity contribution is -0.129. The molecule has 1 aromatic carbocycles. The summed E-state index contributed by atoms with van der Waals surface area (Å²) < 4.78 is 0. The molecule has 3 nitrogen and oxygen atoms in total. The van der Waals surface area contributed by atoms with Crippen molar-refractivity contribution in [3.8, 4) is 0 Å². The van der Waals surface area contributed by atoms with Crippen LogP contribution in [-0.4, -0.2) is 42.4 Å². The minimum absolute atomic E-state index is 0.177.